The molecule has 2 N–H and O–H groups in total. The fourth-order valence-electron chi connectivity index (χ4n) is 2.53. The summed E-state index contributed by atoms with van der Waals surface area (Å²) in [6.07, 6.45) is 2.32. The summed E-state index contributed by atoms with van der Waals surface area (Å²) >= 11 is 5.01. The number of nitrogens with zero attached hydrogens (tertiary/aromatic N) is 2. The number of amides is 1. The molecule has 0 fully saturated rings. The Labute approximate surface area is 165 Å². The first kappa shape index (κ1) is 18.7. The van der Waals surface area contributed by atoms with Crippen LogP contribution in [0.5, 0.6) is 0 Å². The van der Waals surface area contributed by atoms with E-state index in [4.69, 9.17) is 0 Å². The van der Waals surface area contributed by atoms with E-state index in [-0.39, 0.29) is 11.9 Å². The van der Waals surface area contributed by atoms with Crippen LogP contribution < -0.4 is 5.32 Å². The van der Waals surface area contributed by atoms with Crippen molar-refractivity contribution in [2.75, 3.05) is 0 Å². The zero-order chi connectivity index (χ0) is 18.4. The number of hydrogen-bond acceptors (Lipinski definition) is 4. The molecule has 0 saturated heterocycles. The van der Waals surface area contributed by atoms with Crippen LogP contribution in [0.25, 0.3) is 0 Å². The average molecular weight is 431 g/mol. The van der Waals surface area contributed by atoms with Gasteiger partial charge in [-0.15, -0.1) is 0 Å². The van der Waals surface area contributed by atoms with Gasteiger partial charge >= 0.3 is 0 Å². The highest BCUT2D eigenvalue weighted by Crippen LogP contribution is 2.21. The van der Waals surface area contributed by atoms with Crippen LogP contribution in [0, 0.1) is 0 Å². The highest BCUT2D eigenvalue weighted by molar-refractivity contribution is 9.10. The number of hydrogen-bond donors (Lipinski definition) is 2. The molecule has 26 heavy (non-hydrogen) atoms. The van der Waals surface area contributed by atoms with Crippen molar-refractivity contribution in [2.45, 2.75) is 30.3 Å². The molecule has 1 amide bonds. The summed E-state index contributed by atoms with van der Waals surface area (Å²) in [5.74, 6) is 0.710. The zero-order valence-electron chi connectivity index (χ0n) is 14.3. The molecule has 0 radical (unpaired) electrons. The third-order valence-corrected chi connectivity index (χ3v) is 5.45. The van der Waals surface area contributed by atoms with E-state index in [9.17, 15) is 4.79 Å². The van der Waals surface area contributed by atoms with Crippen LogP contribution in [0.4, 0.5) is 0 Å². The second kappa shape index (κ2) is 9.00. The molecule has 3 rings (SSSR count). The normalized spacial score (nSPS) is 11.9. The molecule has 134 valence electrons. The molecule has 0 aliphatic heterocycles. The van der Waals surface area contributed by atoms with Crippen molar-refractivity contribution in [3.8, 4) is 0 Å². The Hall–Kier alpha value is -2.12. The summed E-state index contributed by atoms with van der Waals surface area (Å²) in [6.45, 7) is 2.07. The Bertz CT molecular complexity index is 835. The van der Waals surface area contributed by atoms with Crippen molar-refractivity contribution in [3.63, 3.8) is 0 Å². The van der Waals surface area contributed by atoms with Crippen LogP contribution in [0.3, 0.4) is 0 Å². The largest absolute Gasteiger partial charge is 0.345 e. The van der Waals surface area contributed by atoms with E-state index in [1.807, 2.05) is 48.5 Å². The molecule has 3 aromatic rings. The van der Waals surface area contributed by atoms with Crippen LogP contribution in [-0.4, -0.2) is 21.1 Å². The van der Waals surface area contributed by atoms with Gasteiger partial charge in [0.05, 0.1) is 6.04 Å². The molecular weight excluding hydrogens is 412 g/mol. The molecule has 1 heterocycles. The van der Waals surface area contributed by atoms with Gasteiger partial charge in [-0.3, -0.25) is 9.89 Å². The molecule has 0 bridgehead atoms. The first-order valence-electron chi connectivity index (χ1n) is 8.29. The predicted octanol–water partition coefficient (Wildman–Crippen LogP) is 4.74. The smallest absolute Gasteiger partial charge is 0.251 e. The molecule has 7 heteroatoms. The standard InChI is InChI=1S/C19H19BrN4OS/c1-2-17(14-7-9-16(20)10-8-14)23-18(25)15-5-3-13(4-6-15)11-26-19-21-12-22-24-19/h3-10,12,17H,2,11H2,1H3,(H,23,25)(H,21,22,24). The van der Waals surface area contributed by atoms with E-state index in [2.05, 4.69) is 43.4 Å². The van der Waals surface area contributed by atoms with Crippen LogP contribution in [0.1, 0.15) is 40.9 Å². The molecule has 0 saturated carbocycles. The lowest BCUT2D eigenvalue weighted by atomic mass is 10.0. The van der Waals surface area contributed by atoms with Crippen molar-refractivity contribution in [1.29, 1.82) is 0 Å². The van der Waals surface area contributed by atoms with E-state index in [1.165, 1.54) is 6.33 Å². The third-order valence-electron chi connectivity index (χ3n) is 3.97. The summed E-state index contributed by atoms with van der Waals surface area (Å²) in [7, 11) is 0. The topological polar surface area (TPSA) is 70.7 Å². The number of aromatic amines is 1. The van der Waals surface area contributed by atoms with E-state index in [1.54, 1.807) is 11.8 Å². The summed E-state index contributed by atoms with van der Waals surface area (Å²) < 4.78 is 1.03. The van der Waals surface area contributed by atoms with Gasteiger partial charge in [0.2, 0.25) is 0 Å². The van der Waals surface area contributed by atoms with Crippen LogP contribution in [0.15, 0.2) is 64.5 Å². The molecule has 0 spiro atoms. The quantitative estimate of drug-likeness (QED) is 0.530. The minimum Gasteiger partial charge on any atom is -0.345 e. The van der Waals surface area contributed by atoms with E-state index < -0.39 is 0 Å². The van der Waals surface area contributed by atoms with Gasteiger partial charge in [0.25, 0.3) is 5.91 Å². The van der Waals surface area contributed by atoms with E-state index in [0.29, 0.717) is 5.56 Å². The van der Waals surface area contributed by atoms with Gasteiger partial charge in [0, 0.05) is 15.8 Å². The number of benzene rings is 2. The minimum absolute atomic E-state index is 0.00251. The highest BCUT2D eigenvalue weighted by atomic mass is 79.9. The first-order chi connectivity index (χ1) is 12.7. The Balaban J connectivity index is 1.60. The SMILES string of the molecule is CCC(NC(=O)c1ccc(CSc2ncn[nH]2)cc1)c1ccc(Br)cc1. The van der Waals surface area contributed by atoms with Gasteiger partial charge in [0.15, 0.2) is 5.16 Å². The molecular formula is C19H19BrN4OS. The number of nitrogens with one attached hydrogen (secondary N) is 2. The third kappa shape index (κ3) is 4.95. The molecule has 5 nitrogen and oxygen atoms in total. The minimum atomic E-state index is -0.0609. The van der Waals surface area contributed by atoms with Gasteiger partial charge in [-0.2, -0.15) is 5.10 Å². The maximum absolute atomic E-state index is 12.6. The van der Waals surface area contributed by atoms with Crippen molar-refractivity contribution in [1.82, 2.24) is 20.5 Å². The lowest BCUT2D eigenvalue weighted by molar-refractivity contribution is 0.0935. The lowest BCUT2D eigenvalue weighted by Gasteiger charge is -2.17. The number of carbonyl (C=O) groups excluding carboxylic acids is 1. The number of thioether (sulfide) groups is 1. The summed E-state index contributed by atoms with van der Waals surface area (Å²) in [5, 5.41) is 10.5. The fourth-order valence-corrected chi connectivity index (χ4v) is 3.52. The molecule has 0 aliphatic carbocycles. The van der Waals surface area contributed by atoms with Gasteiger partial charge in [-0.25, -0.2) is 4.98 Å². The maximum Gasteiger partial charge on any atom is 0.251 e. The van der Waals surface area contributed by atoms with E-state index in [0.717, 1.165) is 32.9 Å². The average Bonchev–Trinajstić information content (AvgIpc) is 3.19. The number of rotatable bonds is 7. The number of aromatic nitrogens is 3. The number of H-pyrrole nitrogens is 1. The Morgan fingerprint density at radius 2 is 1.92 bits per heavy atom. The Kier molecular flexibility index (Phi) is 6.46. The monoisotopic (exact) mass is 430 g/mol. The second-order valence-corrected chi connectivity index (χ2v) is 7.64. The molecule has 2 aromatic carbocycles. The Morgan fingerprint density at radius 1 is 1.19 bits per heavy atom. The summed E-state index contributed by atoms with van der Waals surface area (Å²) in [4.78, 5) is 16.6. The van der Waals surface area contributed by atoms with Crippen molar-refractivity contribution in [2.24, 2.45) is 0 Å². The number of halogens is 1. The summed E-state index contributed by atoms with van der Waals surface area (Å²) in [6, 6.07) is 15.7. The molecule has 0 aliphatic rings. The highest BCUT2D eigenvalue weighted by Gasteiger charge is 2.14. The van der Waals surface area contributed by atoms with Crippen LogP contribution in [-0.2, 0) is 5.75 Å². The van der Waals surface area contributed by atoms with Gasteiger partial charge in [0.1, 0.15) is 6.33 Å². The van der Waals surface area contributed by atoms with Crippen molar-refractivity contribution >= 4 is 33.6 Å². The first-order valence-corrected chi connectivity index (χ1v) is 10.1. The van der Waals surface area contributed by atoms with Crippen molar-refractivity contribution < 1.29 is 4.79 Å². The van der Waals surface area contributed by atoms with Crippen molar-refractivity contribution in [3.05, 3.63) is 76.0 Å². The predicted molar refractivity (Wildman–Crippen MR) is 107 cm³/mol. The number of carbonyl (C=O) groups is 1. The fraction of sp³-hybridized carbons (Fsp3) is 0.211. The van der Waals surface area contributed by atoms with Crippen LogP contribution in [0.2, 0.25) is 0 Å². The van der Waals surface area contributed by atoms with Gasteiger partial charge in [-0.1, -0.05) is 58.9 Å². The van der Waals surface area contributed by atoms with Gasteiger partial charge < -0.3 is 5.32 Å². The lowest BCUT2D eigenvalue weighted by Crippen LogP contribution is -2.28. The molecule has 1 unspecified atom stereocenters. The maximum atomic E-state index is 12.6. The molecule has 1 atom stereocenters. The van der Waals surface area contributed by atoms with E-state index >= 15 is 0 Å². The summed E-state index contributed by atoms with van der Waals surface area (Å²) in [5.41, 5.74) is 2.89. The van der Waals surface area contributed by atoms with Crippen LogP contribution >= 0.6 is 27.7 Å². The van der Waals surface area contributed by atoms with Gasteiger partial charge in [-0.05, 0) is 41.8 Å². The Morgan fingerprint density at radius 3 is 2.54 bits per heavy atom. The second-order valence-electron chi connectivity index (χ2n) is 5.76. The zero-order valence-corrected chi connectivity index (χ0v) is 16.7. The molecule has 1 aromatic heterocycles.